The molecule has 2 aliphatic rings. The summed E-state index contributed by atoms with van der Waals surface area (Å²) in [6.07, 6.45) is -0.213. The Hall–Kier alpha value is -4.24. The molecule has 0 saturated carbocycles. The van der Waals surface area contributed by atoms with E-state index in [1.54, 1.807) is 39.0 Å². The maximum atomic E-state index is 13.5. The van der Waals surface area contributed by atoms with Gasteiger partial charge in [-0.3, -0.25) is 33.7 Å². The Morgan fingerprint density at radius 2 is 1.74 bits per heavy atom. The standard InChI is InChI=1S/C31H47N7O8/c1-19(2)27-31(44)34-20(3)18-46-24-8-5-4-7-21(24)28(41)36-23(29(42)33-11-6-12-38-13-15-45-16-14-38)17-26(40)35-22(30(43)37-27)9-10-25(32)39/h4-5,7-8,19-20,22-23,27H,6,9-18H2,1-3H3,(H2,32,39)(H,33,42)(H,34,44)(H,35,40)(H,36,41)(H,37,43)/t20-,22-,23-,27+/m0/s1. The molecule has 0 aromatic heterocycles. The zero-order chi connectivity index (χ0) is 33.6. The van der Waals surface area contributed by atoms with Crippen molar-refractivity contribution in [1.29, 1.82) is 0 Å². The van der Waals surface area contributed by atoms with E-state index in [4.69, 9.17) is 15.2 Å². The number of amides is 6. The van der Waals surface area contributed by atoms with Crippen LogP contribution >= 0.6 is 0 Å². The van der Waals surface area contributed by atoms with Crippen LogP contribution in [-0.4, -0.2) is 111 Å². The van der Waals surface area contributed by atoms with Gasteiger partial charge < -0.3 is 41.8 Å². The van der Waals surface area contributed by atoms with E-state index in [1.807, 2.05) is 0 Å². The topological polar surface area (TPSA) is 210 Å². The van der Waals surface area contributed by atoms with Crippen LogP contribution in [0.4, 0.5) is 0 Å². The fraction of sp³-hybridized carbons (Fsp3) is 0.613. The summed E-state index contributed by atoms with van der Waals surface area (Å²) in [7, 11) is 0. The number of carbonyl (C=O) groups excluding carboxylic acids is 6. The second kappa shape index (κ2) is 18.0. The molecule has 1 fully saturated rings. The number of ether oxygens (including phenoxy) is 2. The highest BCUT2D eigenvalue weighted by Crippen LogP contribution is 2.19. The molecule has 0 spiro atoms. The lowest BCUT2D eigenvalue weighted by Crippen LogP contribution is -2.57. The summed E-state index contributed by atoms with van der Waals surface area (Å²) in [5.41, 5.74) is 5.44. The van der Waals surface area contributed by atoms with Crippen molar-refractivity contribution < 1.29 is 38.2 Å². The van der Waals surface area contributed by atoms with Gasteiger partial charge in [-0.05, 0) is 44.4 Å². The smallest absolute Gasteiger partial charge is 0.255 e. The molecular weight excluding hydrogens is 598 g/mol. The lowest BCUT2D eigenvalue weighted by molar-refractivity contribution is -0.134. The Balaban J connectivity index is 1.85. The van der Waals surface area contributed by atoms with Crippen LogP contribution < -0.4 is 37.1 Å². The van der Waals surface area contributed by atoms with E-state index in [0.29, 0.717) is 26.2 Å². The molecule has 1 aromatic rings. The van der Waals surface area contributed by atoms with E-state index in [-0.39, 0.29) is 36.7 Å². The molecule has 0 radical (unpaired) electrons. The minimum Gasteiger partial charge on any atom is -0.491 e. The van der Waals surface area contributed by atoms with Crippen molar-refractivity contribution in [2.75, 3.05) is 46.0 Å². The first-order valence-corrected chi connectivity index (χ1v) is 15.7. The largest absolute Gasteiger partial charge is 0.491 e. The first-order valence-electron chi connectivity index (χ1n) is 15.7. The second-order valence-electron chi connectivity index (χ2n) is 11.9. The summed E-state index contributed by atoms with van der Waals surface area (Å²) in [6.45, 7) is 9.20. The number of carbonyl (C=O) groups is 6. The zero-order valence-corrected chi connectivity index (χ0v) is 26.8. The monoisotopic (exact) mass is 645 g/mol. The summed E-state index contributed by atoms with van der Waals surface area (Å²) >= 11 is 0. The molecule has 2 heterocycles. The van der Waals surface area contributed by atoms with Crippen LogP contribution in [0.25, 0.3) is 0 Å². The number of nitrogens with zero attached hydrogens (tertiary/aromatic N) is 1. The lowest BCUT2D eigenvalue weighted by Gasteiger charge is -2.27. The van der Waals surface area contributed by atoms with Crippen LogP contribution in [0, 0.1) is 5.92 Å². The number of para-hydroxylation sites is 1. The van der Waals surface area contributed by atoms with Gasteiger partial charge >= 0.3 is 0 Å². The second-order valence-corrected chi connectivity index (χ2v) is 11.9. The van der Waals surface area contributed by atoms with E-state index < -0.39 is 66.0 Å². The molecule has 46 heavy (non-hydrogen) atoms. The first-order chi connectivity index (χ1) is 21.9. The minimum absolute atomic E-state index is 0.00311. The van der Waals surface area contributed by atoms with Gasteiger partial charge in [0, 0.05) is 26.1 Å². The number of hydrogen-bond donors (Lipinski definition) is 6. The predicted octanol–water partition coefficient (Wildman–Crippen LogP) is -1.20. The summed E-state index contributed by atoms with van der Waals surface area (Å²) in [6, 6.07) is 2.41. The van der Waals surface area contributed by atoms with Gasteiger partial charge in [-0.15, -0.1) is 0 Å². The van der Waals surface area contributed by atoms with E-state index >= 15 is 0 Å². The maximum Gasteiger partial charge on any atom is 0.255 e. The number of nitrogens with one attached hydrogen (secondary N) is 5. The van der Waals surface area contributed by atoms with Gasteiger partial charge in [-0.2, -0.15) is 0 Å². The molecule has 6 amide bonds. The molecule has 0 unspecified atom stereocenters. The normalized spacial score (nSPS) is 23.9. The molecule has 3 rings (SSSR count). The number of hydrogen-bond acceptors (Lipinski definition) is 9. The average molecular weight is 646 g/mol. The van der Waals surface area contributed by atoms with E-state index in [9.17, 15) is 28.8 Å². The maximum absolute atomic E-state index is 13.5. The van der Waals surface area contributed by atoms with Crippen molar-refractivity contribution in [2.45, 2.75) is 70.6 Å². The SMILES string of the molecule is CC(C)[C@H]1NC(=O)[C@H](CCC(N)=O)NC(=O)C[C@@H](C(=O)NCCCN2CCOCC2)NC(=O)c2ccccc2OC[C@H](C)NC1=O. The third-order valence-electron chi connectivity index (χ3n) is 7.65. The Morgan fingerprint density at radius 3 is 2.43 bits per heavy atom. The molecule has 1 saturated heterocycles. The Kier molecular flexibility index (Phi) is 14.2. The van der Waals surface area contributed by atoms with Gasteiger partial charge in [-0.1, -0.05) is 26.0 Å². The molecule has 254 valence electrons. The predicted molar refractivity (Wildman–Crippen MR) is 167 cm³/mol. The van der Waals surface area contributed by atoms with Crippen LogP contribution in [0.3, 0.4) is 0 Å². The zero-order valence-electron chi connectivity index (χ0n) is 26.8. The molecule has 4 atom stereocenters. The van der Waals surface area contributed by atoms with E-state index in [2.05, 4.69) is 31.5 Å². The third kappa shape index (κ3) is 11.6. The Bertz CT molecular complexity index is 1240. The molecule has 15 nitrogen and oxygen atoms in total. The van der Waals surface area contributed by atoms with E-state index in [0.717, 1.165) is 19.6 Å². The molecule has 1 aromatic carbocycles. The van der Waals surface area contributed by atoms with Crippen LogP contribution in [0.15, 0.2) is 24.3 Å². The van der Waals surface area contributed by atoms with Crippen molar-refractivity contribution >= 4 is 35.4 Å². The number of fused-ring (bicyclic) bond motifs is 1. The van der Waals surface area contributed by atoms with Crippen molar-refractivity contribution in [2.24, 2.45) is 11.7 Å². The highest BCUT2D eigenvalue weighted by Gasteiger charge is 2.32. The first kappa shape index (κ1) is 36.2. The number of morpholine rings is 1. The number of benzene rings is 1. The van der Waals surface area contributed by atoms with E-state index in [1.165, 1.54) is 6.07 Å². The average Bonchev–Trinajstić information content (AvgIpc) is 3.02. The number of rotatable bonds is 9. The third-order valence-corrected chi connectivity index (χ3v) is 7.65. The van der Waals surface area contributed by atoms with Gasteiger partial charge in [0.2, 0.25) is 29.5 Å². The Morgan fingerprint density at radius 1 is 1.02 bits per heavy atom. The van der Waals surface area contributed by atoms with Crippen molar-refractivity contribution in [1.82, 2.24) is 31.5 Å². The molecule has 0 aliphatic carbocycles. The summed E-state index contributed by atoms with van der Waals surface area (Å²) < 4.78 is 11.2. The highest BCUT2D eigenvalue weighted by atomic mass is 16.5. The van der Waals surface area contributed by atoms with Crippen LogP contribution in [0.1, 0.15) is 56.8 Å². The number of nitrogens with two attached hydrogens (primary N) is 1. The quantitative estimate of drug-likeness (QED) is 0.178. The van der Waals surface area contributed by atoms with Crippen molar-refractivity contribution in [3.63, 3.8) is 0 Å². The molecule has 7 N–H and O–H groups in total. The van der Waals surface area contributed by atoms with Crippen molar-refractivity contribution in [3.8, 4) is 5.75 Å². The summed E-state index contributed by atoms with van der Waals surface area (Å²) in [5.74, 6) is -3.92. The van der Waals surface area contributed by atoms with Gasteiger partial charge in [-0.25, -0.2) is 0 Å². The van der Waals surface area contributed by atoms with Gasteiger partial charge in [0.05, 0.1) is 31.2 Å². The van der Waals surface area contributed by atoms with Crippen LogP contribution in [-0.2, 0) is 28.7 Å². The summed E-state index contributed by atoms with van der Waals surface area (Å²) in [5, 5.41) is 13.5. The van der Waals surface area contributed by atoms with Gasteiger partial charge in [0.15, 0.2) is 0 Å². The van der Waals surface area contributed by atoms with Gasteiger partial charge in [0.1, 0.15) is 30.5 Å². The molecule has 2 aliphatic heterocycles. The fourth-order valence-electron chi connectivity index (χ4n) is 5.06. The fourth-order valence-corrected chi connectivity index (χ4v) is 5.06. The molecule has 15 heteroatoms. The van der Waals surface area contributed by atoms with Crippen LogP contribution in [0.5, 0.6) is 5.75 Å². The van der Waals surface area contributed by atoms with Crippen LogP contribution in [0.2, 0.25) is 0 Å². The number of primary amides is 1. The minimum atomic E-state index is -1.30. The Labute approximate surface area is 269 Å². The summed E-state index contributed by atoms with van der Waals surface area (Å²) in [4.78, 5) is 80.4. The molecule has 0 bridgehead atoms. The highest BCUT2D eigenvalue weighted by molar-refractivity contribution is 6.01. The molecular formula is C31H47N7O8. The lowest BCUT2D eigenvalue weighted by atomic mass is 10.0. The van der Waals surface area contributed by atoms with Gasteiger partial charge in [0.25, 0.3) is 5.91 Å². The van der Waals surface area contributed by atoms with Crippen molar-refractivity contribution in [3.05, 3.63) is 29.8 Å².